The summed E-state index contributed by atoms with van der Waals surface area (Å²) >= 11 is 0. The molecule has 0 unspecified atom stereocenters. The second kappa shape index (κ2) is 7.19. The van der Waals surface area contributed by atoms with Crippen molar-refractivity contribution >= 4 is 22.9 Å². The van der Waals surface area contributed by atoms with Gasteiger partial charge in [0, 0.05) is 23.9 Å². The van der Waals surface area contributed by atoms with Gasteiger partial charge >= 0.3 is 6.09 Å². The highest BCUT2D eigenvalue weighted by atomic mass is 16.6. The molecule has 3 aromatic rings. The summed E-state index contributed by atoms with van der Waals surface area (Å²) in [7, 11) is 0. The standard InChI is InChI=1S/C19H23N5O5/c1-19(2,3)28-18(25)21-7-11-8-22-24(9-11)10-12-6-13-14(17(20)23-29-13)16-15(12)26-4-5-27-16/h6,8-9H,4-5,7,10H2,1-3H3,(H2,20,23)(H,21,25). The first kappa shape index (κ1) is 18.9. The minimum atomic E-state index is -0.543. The Morgan fingerprint density at radius 1 is 1.31 bits per heavy atom. The number of nitrogens with two attached hydrogens (primary N) is 1. The van der Waals surface area contributed by atoms with Crippen LogP contribution in [0, 0.1) is 0 Å². The average molecular weight is 401 g/mol. The molecule has 3 N–H and O–H groups in total. The maximum Gasteiger partial charge on any atom is 0.407 e. The van der Waals surface area contributed by atoms with Gasteiger partial charge in [0.25, 0.3) is 0 Å². The molecule has 10 nitrogen and oxygen atoms in total. The molecule has 0 aliphatic carbocycles. The Morgan fingerprint density at radius 2 is 2.07 bits per heavy atom. The van der Waals surface area contributed by atoms with Crippen LogP contribution >= 0.6 is 0 Å². The van der Waals surface area contributed by atoms with Gasteiger partial charge in [-0.15, -0.1) is 0 Å². The number of nitrogens with zero attached hydrogens (tertiary/aromatic N) is 3. The van der Waals surface area contributed by atoms with Crippen LogP contribution in [0.1, 0.15) is 31.9 Å². The number of rotatable bonds is 4. The van der Waals surface area contributed by atoms with Gasteiger partial charge in [0.15, 0.2) is 22.9 Å². The Hall–Kier alpha value is -3.43. The molecule has 0 atom stereocenters. The number of aromatic nitrogens is 3. The summed E-state index contributed by atoms with van der Waals surface area (Å²) in [5.41, 5.74) is 7.56. The van der Waals surface area contributed by atoms with Crippen molar-refractivity contribution in [1.29, 1.82) is 0 Å². The molecule has 4 rings (SSSR count). The zero-order valence-electron chi connectivity index (χ0n) is 16.5. The van der Waals surface area contributed by atoms with E-state index < -0.39 is 11.7 Å². The maximum absolute atomic E-state index is 11.8. The normalized spacial score (nSPS) is 13.5. The summed E-state index contributed by atoms with van der Waals surface area (Å²) in [6.45, 7) is 7.06. The number of alkyl carbamates (subject to hydrolysis) is 1. The fourth-order valence-electron chi connectivity index (χ4n) is 3.07. The van der Waals surface area contributed by atoms with Gasteiger partial charge in [0.05, 0.1) is 12.7 Å². The van der Waals surface area contributed by atoms with Gasteiger partial charge < -0.3 is 29.8 Å². The molecular weight excluding hydrogens is 378 g/mol. The predicted octanol–water partition coefficient (Wildman–Crippen LogP) is 2.45. The van der Waals surface area contributed by atoms with Crippen molar-refractivity contribution in [1.82, 2.24) is 20.3 Å². The molecule has 2 aromatic heterocycles. The second-order valence-electron chi connectivity index (χ2n) is 7.73. The number of hydrogen-bond acceptors (Lipinski definition) is 8. The summed E-state index contributed by atoms with van der Waals surface area (Å²) in [4.78, 5) is 11.8. The molecule has 0 saturated heterocycles. The average Bonchev–Trinajstić information content (AvgIpc) is 3.25. The summed E-state index contributed by atoms with van der Waals surface area (Å²) in [6, 6.07) is 1.83. The Bertz CT molecular complexity index is 1050. The molecule has 0 fully saturated rings. The smallest absolute Gasteiger partial charge is 0.407 e. The third-order valence-corrected chi connectivity index (χ3v) is 4.21. The number of hydrogen-bond donors (Lipinski definition) is 2. The molecule has 0 radical (unpaired) electrons. The number of fused-ring (bicyclic) bond motifs is 3. The van der Waals surface area contributed by atoms with Gasteiger partial charge in [0.1, 0.15) is 24.2 Å². The number of nitrogens with one attached hydrogen (secondary N) is 1. The number of ether oxygens (including phenoxy) is 3. The predicted molar refractivity (Wildman–Crippen MR) is 104 cm³/mol. The van der Waals surface area contributed by atoms with Crippen LogP contribution in [0.25, 0.3) is 11.0 Å². The molecule has 0 bridgehead atoms. The van der Waals surface area contributed by atoms with Crippen LogP contribution in [-0.2, 0) is 17.8 Å². The van der Waals surface area contributed by atoms with Gasteiger partial charge in [0.2, 0.25) is 0 Å². The minimum absolute atomic E-state index is 0.267. The van der Waals surface area contributed by atoms with E-state index in [1.807, 2.05) is 33.0 Å². The van der Waals surface area contributed by atoms with Crippen LogP contribution in [0.4, 0.5) is 10.6 Å². The lowest BCUT2D eigenvalue weighted by atomic mass is 10.1. The highest BCUT2D eigenvalue weighted by Crippen LogP contribution is 2.43. The third kappa shape index (κ3) is 4.05. The molecular formula is C19H23N5O5. The summed E-state index contributed by atoms with van der Waals surface area (Å²) in [5.74, 6) is 1.42. The van der Waals surface area contributed by atoms with Crippen molar-refractivity contribution in [3.63, 3.8) is 0 Å². The highest BCUT2D eigenvalue weighted by Gasteiger charge is 2.24. The number of benzene rings is 1. The molecule has 0 saturated carbocycles. The monoisotopic (exact) mass is 401 g/mol. The van der Waals surface area contributed by atoms with Crippen LogP contribution in [0.15, 0.2) is 23.0 Å². The number of carbonyl (C=O) groups excluding carboxylic acids is 1. The Balaban J connectivity index is 1.51. The van der Waals surface area contributed by atoms with Gasteiger partial charge in [-0.05, 0) is 26.8 Å². The van der Waals surface area contributed by atoms with E-state index in [-0.39, 0.29) is 5.82 Å². The fourth-order valence-corrected chi connectivity index (χ4v) is 3.07. The molecule has 3 heterocycles. The van der Waals surface area contributed by atoms with E-state index in [1.54, 1.807) is 10.9 Å². The Morgan fingerprint density at radius 3 is 2.83 bits per heavy atom. The van der Waals surface area contributed by atoms with E-state index >= 15 is 0 Å². The molecule has 1 aliphatic heterocycles. The molecule has 0 spiro atoms. The SMILES string of the molecule is CC(C)(C)OC(=O)NCc1cnn(Cc2cc3onc(N)c3c3c2OCCO3)c1. The molecule has 1 amide bonds. The van der Waals surface area contributed by atoms with Crippen molar-refractivity contribution in [3.8, 4) is 11.5 Å². The molecule has 10 heteroatoms. The maximum atomic E-state index is 11.8. The summed E-state index contributed by atoms with van der Waals surface area (Å²) < 4.78 is 23.9. The zero-order valence-corrected chi connectivity index (χ0v) is 16.5. The van der Waals surface area contributed by atoms with E-state index in [0.29, 0.717) is 48.8 Å². The van der Waals surface area contributed by atoms with Crippen LogP contribution in [0.5, 0.6) is 11.5 Å². The van der Waals surface area contributed by atoms with Crippen molar-refractivity contribution in [3.05, 3.63) is 29.6 Å². The lowest BCUT2D eigenvalue weighted by Gasteiger charge is -2.21. The van der Waals surface area contributed by atoms with E-state index in [4.69, 9.17) is 24.5 Å². The molecule has 1 aliphatic rings. The highest BCUT2D eigenvalue weighted by molar-refractivity contribution is 5.96. The van der Waals surface area contributed by atoms with E-state index in [0.717, 1.165) is 11.1 Å². The third-order valence-electron chi connectivity index (χ3n) is 4.21. The first-order valence-electron chi connectivity index (χ1n) is 9.24. The van der Waals surface area contributed by atoms with E-state index in [9.17, 15) is 4.79 Å². The molecule has 1 aromatic carbocycles. The first-order chi connectivity index (χ1) is 13.8. The minimum Gasteiger partial charge on any atom is -0.486 e. The van der Waals surface area contributed by atoms with E-state index in [1.165, 1.54) is 0 Å². The Labute approximate surface area is 166 Å². The second-order valence-corrected chi connectivity index (χ2v) is 7.73. The number of carbonyl (C=O) groups is 1. The van der Waals surface area contributed by atoms with Gasteiger partial charge in [-0.2, -0.15) is 5.10 Å². The van der Waals surface area contributed by atoms with Crippen LogP contribution < -0.4 is 20.5 Å². The number of anilines is 1. The lowest BCUT2D eigenvalue weighted by molar-refractivity contribution is 0.0523. The van der Waals surface area contributed by atoms with Crippen LogP contribution in [-0.4, -0.2) is 39.8 Å². The quantitative estimate of drug-likeness (QED) is 0.682. The molecule has 154 valence electrons. The Kier molecular flexibility index (Phi) is 4.69. The van der Waals surface area contributed by atoms with Gasteiger partial charge in [-0.25, -0.2) is 4.79 Å². The van der Waals surface area contributed by atoms with Crippen molar-refractivity contribution in [2.45, 2.75) is 39.5 Å². The zero-order chi connectivity index (χ0) is 20.6. The van der Waals surface area contributed by atoms with Crippen molar-refractivity contribution < 1.29 is 23.5 Å². The van der Waals surface area contributed by atoms with Crippen molar-refractivity contribution in [2.24, 2.45) is 0 Å². The van der Waals surface area contributed by atoms with Crippen molar-refractivity contribution in [2.75, 3.05) is 18.9 Å². The van der Waals surface area contributed by atoms with Crippen LogP contribution in [0.2, 0.25) is 0 Å². The lowest BCUT2D eigenvalue weighted by Crippen LogP contribution is -2.32. The van der Waals surface area contributed by atoms with E-state index in [2.05, 4.69) is 15.6 Å². The molecule has 29 heavy (non-hydrogen) atoms. The van der Waals surface area contributed by atoms with Gasteiger partial charge in [-0.1, -0.05) is 5.16 Å². The van der Waals surface area contributed by atoms with Crippen LogP contribution in [0.3, 0.4) is 0 Å². The fraction of sp³-hybridized carbons (Fsp3) is 0.421. The summed E-state index contributed by atoms with van der Waals surface area (Å²) in [6.07, 6.45) is 3.05. The largest absolute Gasteiger partial charge is 0.486 e. The topological polar surface area (TPSA) is 127 Å². The number of amides is 1. The van der Waals surface area contributed by atoms with Gasteiger partial charge in [-0.3, -0.25) is 4.68 Å². The number of nitrogen functional groups attached to an aromatic ring is 1. The first-order valence-corrected chi connectivity index (χ1v) is 9.24. The summed E-state index contributed by atoms with van der Waals surface area (Å²) in [5, 5.41) is 11.5.